The molecule has 64 heavy (non-hydrogen) atoms. The average molecular weight is 740 g/mol. The van der Waals surface area contributed by atoms with Crippen molar-refractivity contribution in [3.8, 4) is 33.4 Å². The van der Waals surface area contributed by atoms with Gasteiger partial charge in [0.1, 0.15) is 188 Å². The van der Waals surface area contributed by atoms with E-state index in [1.807, 2.05) is 0 Å². The molecule has 50 radical (unpaired) electrons. The highest BCUT2D eigenvalue weighted by atomic mass is 14.3. The lowest BCUT2D eigenvalue weighted by molar-refractivity contribution is 1.24. The Morgan fingerprint density at radius 3 is 0.828 bits per heavy atom. The van der Waals surface area contributed by atoms with E-state index in [0.717, 1.165) is 0 Å². The van der Waals surface area contributed by atoms with Gasteiger partial charge in [-0.2, -0.15) is 0 Å². The highest BCUT2D eigenvalue weighted by molar-refractivity contribution is 6.76. The second kappa shape index (κ2) is 15.9. The van der Waals surface area contributed by atoms with E-state index >= 15 is 0 Å². The van der Waals surface area contributed by atoms with E-state index in [4.69, 9.17) is 196 Å². The van der Waals surface area contributed by atoms with E-state index in [-0.39, 0.29) is 208 Å². The van der Waals surface area contributed by atoms with Gasteiger partial charge in [-0.15, -0.1) is 43.7 Å². The number of fused-ring (bicyclic) bond motifs is 4. The Balaban J connectivity index is 1.63. The SMILES string of the molecule is [B]C1=C([B])C([B])c2c1c(-c1c([B])c([B])c(-c3c([B])c([B])c4c([B])c([B])c([B])c([B])c4c3[B])c([B])c1[B])c1c([B])c([B])c([B])c([B])c1c2-c1c([B])c([B])c([B])c2c([B])c([B])c([B])c([B])c12. The lowest BCUT2D eigenvalue weighted by atomic mass is 9.55. The highest BCUT2D eigenvalue weighted by Gasteiger charge is 2.35. The summed E-state index contributed by atoms with van der Waals surface area (Å²) in [5.74, 6) is -1.22. The predicted octanol–water partition coefficient (Wildman–Crippen LogP) is -17.2. The molecule has 0 saturated carbocycles. The van der Waals surface area contributed by atoms with Gasteiger partial charge in [-0.1, -0.05) is 87.4 Å². The van der Waals surface area contributed by atoms with Crippen molar-refractivity contribution in [3.05, 3.63) is 16.6 Å². The molecule has 1 atom stereocenters. The van der Waals surface area contributed by atoms with Crippen LogP contribution in [0.4, 0.5) is 0 Å². The standard InChI is InChI=1S/C39HB25/c40-15-11(24(49)27(52)14-12(15)30(55)38(63)39(64)31(14)56)13-25(50)22(47)9(23(48)26(13)51)2-6-3(16(41)32(57)18(6)43)1(4-7(2)20(45)35(60)34(59)19(4)44)5-8-10(28(53)33(58)17(5)42)29(54)37(62)36(61)21(8)46/h16H. The lowest BCUT2D eigenvalue weighted by Gasteiger charge is -2.33. The van der Waals surface area contributed by atoms with Gasteiger partial charge in [0.25, 0.3) is 0 Å². The van der Waals surface area contributed by atoms with Crippen molar-refractivity contribution >= 4 is 354 Å². The van der Waals surface area contributed by atoms with Crippen LogP contribution in [0.15, 0.2) is 5.47 Å². The largest absolute Gasteiger partial charge is 0.125 e. The van der Waals surface area contributed by atoms with Gasteiger partial charge >= 0.3 is 0 Å². The molecule has 0 heterocycles. The van der Waals surface area contributed by atoms with Gasteiger partial charge in [0.2, 0.25) is 0 Å². The molecule has 1 aliphatic rings. The van der Waals surface area contributed by atoms with Gasteiger partial charge in [0.05, 0.1) is 7.85 Å². The normalized spacial score (nSPS) is 13.7. The minimum atomic E-state index is -1.22. The van der Waals surface area contributed by atoms with Crippen LogP contribution in [0.3, 0.4) is 0 Å². The summed E-state index contributed by atoms with van der Waals surface area (Å²) in [5, 5.41) is 0.611. The molecular formula is C39HB25. The zero-order valence-corrected chi connectivity index (χ0v) is 34.0. The van der Waals surface area contributed by atoms with Gasteiger partial charge in [-0.25, -0.2) is 0 Å². The molecule has 7 aromatic rings. The molecule has 0 aliphatic heterocycles. The molecule has 1 unspecified atom stereocenters. The molecule has 0 nitrogen and oxygen atoms in total. The number of allylic oxidation sites excluding steroid dienone is 1. The van der Waals surface area contributed by atoms with E-state index in [1.165, 1.54) is 0 Å². The van der Waals surface area contributed by atoms with E-state index < -0.39 is 5.82 Å². The second-order valence-corrected chi connectivity index (χ2v) is 15.7. The van der Waals surface area contributed by atoms with E-state index in [0.29, 0.717) is 0 Å². The van der Waals surface area contributed by atoms with Crippen LogP contribution < -0.4 is 120 Å². The molecule has 7 aromatic carbocycles. The number of benzene rings is 7. The second-order valence-electron chi connectivity index (χ2n) is 15.7. The van der Waals surface area contributed by atoms with Gasteiger partial charge < -0.3 is 0 Å². The maximum Gasteiger partial charge on any atom is 0.115 e. The quantitative estimate of drug-likeness (QED) is 0.158. The van der Waals surface area contributed by atoms with Crippen molar-refractivity contribution in [1.29, 1.82) is 0 Å². The summed E-state index contributed by atoms with van der Waals surface area (Å²) in [4.78, 5) is 0. The smallest absolute Gasteiger partial charge is 0.115 e. The fourth-order valence-electron chi connectivity index (χ4n) is 9.18. The van der Waals surface area contributed by atoms with Crippen LogP contribution in [0, 0.1) is 0 Å². The van der Waals surface area contributed by atoms with E-state index in [2.05, 4.69) is 0 Å². The third kappa shape index (κ3) is 5.98. The fraction of sp³-hybridized carbons (Fsp3) is 0.0256. The summed E-state index contributed by atoms with van der Waals surface area (Å²) in [6.07, 6.45) is 0. The Labute approximate surface area is 407 Å². The summed E-state index contributed by atoms with van der Waals surface area (Å²) < 4.78 is 0. The minimum Gasteiger partial charge on any atom is -0.125 e. The summed E-state index contributed by atoms with van der Waals surface area (Å²) in [7, 11) is 167. The Morgan fingerprint density at radius 2 is 0.422 bits per heavy atom. The highest BCUT2D eigenvalue weighted by Crippen LogP contribution is 2.50. The average Bonchev–Trinajstić information content (AvgIpc) is 3.48. The third-order valence-electron chi connectivity index (χ3n) is 12.6. The molecule has 1 aliphatic carbocycles. The summed E-state index contributed by atoms with van der Waals surface area (Å²) in [6, 6.07) is 0. The van der Waals surface area contributed by atoms with Gasteiger partial charge in [0.15, 0.2) is 0 Å². The number of hydrogen-bond acceptors (Lipinski definition) is 0. The molecule has 8 rings (SSSR count). The first-order valence-corrected chi connectivity index (χ1v) is 18.8. The first-order valence-electron chi connectivity index (χ1n) is 18.8. The molecule has 0 N–H and O–H groups in total. The van der Waals surface area contributed by atoms with Crippen molar-refractivity contribution in [2.75, 3.05) is 0 Å². The van der Waals surface area contributed by atoms with Crippen molar-refractivity contribution in [1.82, 2.24) is 0 Å². The van der Waals surface area contributed by atoms with Gasteiger partial charge in [-0.05, 0) is 82.6 Å². The van der Waals surface area contributed by atoms with Crippen molar-refractivity contribution in [3.63, 3.8) is 0 Å². The lowest BCUT2D eigenvalue weighted by Crippen LogP contribution is -2.53. The third-order valence-corrected chi connectivity index (χ3v) is 12.6. The van der Waals surface area contributed by atoms with Crippen LogP contribution in [0.1, 0.15) is 16.9 Å². The van der Waals surface area contributed by atoms with E-state index in [1.54, 1.807) is 0 Å². The minimum absolute atomic E-state index is 0.00262. The Morgan fingerprint density at radius 1 is 0.188 bits per heavy atom. The first-order chi connectivity index (χ1) is 29.8. The maximum absolute atomic E-state index is 7.07. The van der Waals surface area contributed by atoms with Crippen LogP contribution in [0.5, 0.6) is 0 Å². The maximum atomic E-state index is 7.07. The first kappa shape index (κ1) is 47.2. The molecule has 0 spiro atoms. The summed E-state index contributed by atoms with van der Waals surface area (Å²) >= 11 is 0. The number of rotatable bonds is 3. The fourth-order valence-corrected chi connectivity index (χ4v) is 9.18. The summed E-state index contributed by atoms with van der Waals surface area (Å²) in [6.45, 7) is 0. The molecule has 0 aromatic heterocycles. The van der Waals surface area contributed by atoms with Crippen molar-refractivity contribution in [2.45, 2.75) is 5.82 Å². The van der Waals surface area contributed by atoms with Crippen molar-refractivity contribution < 1.29 is 0 Å². The molecule has 0 bridgehead atoms. The van der Waals surface area contributed by atoms with Crippen LogP contribution >= 0.6 is 0 Å². The predicted molar refractivity (Wildman–Crippen MR) is 301 cm³/mol. The Hall–Kier alpha value is -3.32. The van der Waals surface area contributed by atoms with Crippen LogP contribution in [-0.4, -0.2) is 196 Å². The Kier molecular flexibility index (Phi) is 11.7. The molecule has 25 heteroatoms. The molecule has 0 saturated heterocycles. The van der Waals surface area contributed by atoms with Gasteiger partial charge in [0, 0.05) is 0 Å². The topological polar surface area (TPSA) is 0 Å². The molecule has 232 valence electrons. The van der Waals surface area contributed by atoms with Crippen molar-refractivity contribution in [2.24, 2.45) is 0 Å². The zero-order valence-electron chi connectivity index (χ0n) is 34.0. The monoisotopic (exact) mass is 744 g/mol. The summed E-state index contributed by atoms with van der Waals surface area (Å²) in [5.41, 5.74) is -1.96. The molecule has 0 fully saturated rings. The van der Waals surface area contributed by atoms with Gasteiger partial charge in [-0.3, -0.25) is 0 Å². The van der Waals surface area contributed by atoms with E-state index in [9.17, 15) is 0 Å². The van der Waals surface area contributed by atoms with Crippen LogP contribution in [0.25, 0.3) is 71.2 Å². The molecule has 0 amide bonds. The molecular weight excluding hydrogens is 739 g/mol. The van der Waals surface area contributed by atoms with Crippen LogP contribution in [0.2, 0.25) is 0 Å². The number of hydrogen-bond donors (Lipinski definition) is 0. The Bertz CT molecular complexity index is 3400. The van der Waals surface area contributed by atoms with Crippen LogP contribution in [-0.2, 0) is 0 Å². The zero-order chi connectivity index (χ0) is 47.5.